The van der Waals surface area contributed by atoms with E-state index in [1.807, 2.05) is 11.3 Å². The van der Waals surface area contributed by atoms with E-state index in [0.29, 0.717) is 11.5 Å². The van der Waals surface area contributed by atoms with E-state index in [1.54, 1.807) is 0 Å². The van der Waals surface area contributed by atoms with Crippen molar-refractivity contribution >= 4 is 11.3 Å². The maximum Gasteiger partial charge on any atom is 0.0593 e. The van der Waals surface area contributed by atoms with Crippen molar-refractivity contribution in [3.8, 4) is 0 Å². The summed E-state index contributed by atoms with van der Waals surface area (Å²) in [7, 11) is 0. The van der Waals surface area contributed by atoms with Crippen LogP contribution in [0.3, 0.4) is 0 Å². The van der Waals surface area contributed by atoms with Gasteiger partial charge in [-0.2, -0.15) is 0 Å². The monoisotopic (exact) mass is 266 g/mol. The number of hydrogen-bond acceptors (Lipinski definition) is 3. The minimum Gasteiger partial charge on any atom is -0.326 e. The quantitative estimate of drug-likeness (QED) is 0.906. The molecule has 2 unspecified atom stereocenters. The molecular weight excluding hydrogens is 240 g/mol. The van der Waals surface area contributed by atoms with Crippen LogP contribution in [0.1, 0.15) is 50.1 Å². The predicted molar refractivity (Wildman–Crippen MR) is 80.0 cm³/mol. The molecule has 0 saturated carbocycles. The van der Waals surface area contributed by atoms with Crippen LogP contribution in [0.4, 0.5) is 0 Å². The molecule has 102 valence electrons. The third kappa shape index (κ3) is 2.95. The zero-order valence-electron chi connectivity index (χ0n) is 12.1. The largest absolute Gasteiger partial charge is 0.326 e. The van der Waals surface area contributed by atoms with E-state index >= 15 is 0 Å². The Balaban J connectivity index is 2.23. The van der Waals surface area contributed by atoms with Crippen molar-refractivity contribution in [1.29, 1.82) is 0 Å². The summed E-state index contributed by atoms with van der Waals surface area (Å²) in [6.45, 7) is 11.4. The molecule has 1 aliphatic heterocycles. The minimum atomic E-state index is 0.191. The summed E-state index contributed by atoms with van der Waals surface area (Å²) in [6.07, 6.45) is 2.62. The standard InChI is InChI=1S/C15H26N2S/c1-11-6-9-18-14(11)13(12(2)16)17-8-5-7-15(3,4)10-17/h6,9,12-13H,5,7-8,10,16H2,1-4H3. The normalized spacial score (nSPS) is 23.8. The predicted octanol–water partition coefficient (Wildman–Crippen LogP) is 3.57. The fourth-order valence-corrected chi connectivity index (χ4v) is 4.31. The van der Waals surface area contributed by atoms with Crippen molar-refractivity contribution in [2.75, 3.05) is 13.1 Å². The van der Waals surface area contributed by atoms with Crippen LogP contribution in [0.2, 0.25) is 0 Å². The molecule has 0 bridgehead atoms. The Labute approximate surface area is 115 Å². The van der Waals surface area contributed by atoms with Gasteiger partial charge in [-0.1, -0.05) is 13.8 Å². The zero-order chi connectivity index (χ0) is 13.3. The summed E-state index contributed by atoms with van der Waals surface area (Å²) in [5.41, 5.74) is 8.10. The highest BCUT2D eigenvalue weighted by Gasteiger charge is 2.33. The number of aryl methyl sites for hydroxylation is 1. The van der Waals surface area contributed by atoms with E-state index < -0.39 is 0 Å². The van der Waals surface area contributed by atoms with Crippen molar-refractivity contribution in [3.05, 3.63) is 21.9 Å². The first-order valence-electron chi connectivity index (χ1n) is 6.94. The molecule has 1 saturated heterocycles. The van der Waals surface area contributed by atoms with Crippen LogP contribution in [-0.2, 0) is 0 Å². The molecular formula is C15H26N2S. The highest BCUT2D eigenvalue weighted by molar-refractivity contribution is 7.10. The Morgan fingerprint density at radius 3 is 2.67 bits per heavy atom. The SMILES string of the molecule is Cc1ccsc1C(C(C)N)N1CCCC(C)(C)C1. The van der Waals surface area contributed by atoms with Crippen LogP contribution in [0.15, 0.2) is 11.4 Å². The van der Waals surface area contributed by atoms with Gasteiger partial charge in [0.25, 0.3) is 0 Å². The van der Waals surface area contributed by atoms with E-state index in [9.17, 15) is 0 Å². The number of hydrogen-bond donors (Lipinski definition) is 1. The molecule has 1 fully saturated rings. The molecule has 2 N–H and O–H groups in total. The fraction of sp³-hybridized carbons (Fsp3) is 0.733. The molecule has 2 heterocycles. The van der Waals surface area contributed by atoms with Gasteiger partial charge in [-0.15, -0.1) is 11.3 Å². The lowest BCUT2D eigenvalue weighted by molar-refractivity contribution is 0.0700. The Morgan fingerprint density at radius 1 is 1.44 bits per heavy atom. The first kappa shape index (κ1) is 14.0. The van der Waals surface area contributed by atoms with Crippen LogP contribution in [-0.4, -0.2) is 24.0 Å². The third-order valence-electron chi connectivity index (χ3n) is 3.99. The zero-order valence-corrected chi connectivity index (χ0v) is 12.9. The Morgan fingerprint density at radius 2 is 2.17 bits per heavy atom. The molecule has 1 aromatic heterocycles. The number of piperidine rings is 1. The molecule has 1 aliphatic rings. The van der Waals surface area contributed by atoms with E-state index in [4.69, 9.17) is 5.73 Å². The maximum absolute atomic E-state index is 6.28. The van der Waals surface area contributed by atoms with Crippen molar-refractivity contribution < 1.29 is 0 Å². The van der Waals surface area contributed by atoms with Crippen molar-refractivity contribution in [2.45, 2.75) is 52.6 Å². The summed E-state index contributed by atoms with van der Waals surface area (Å²) in [4.78, 5) is 4.07. The minimum absolute atomic E-state index is 0.191. The molecule has 0 aromatic carbocycles. The van der Waals surface area contributed by atoms with E-state index in [2.05, 4.69) is 44.0 Å². The number of rotatable bonds is 3. The first-order chi connectivity index (χ1) is 8.41. The molecule has 2 atom stereocenters. The second-order valence-corrected chi connectivity index (χ2v) is 7.46. The number of thiophene rings is 1. The molecule has 3 heteroatoms. The highest BCUT2D eigenvalue weighted by Crippen LogP contribution is 2.37. The van der Waals surface area contributed by atoms with Gasteiger partial charge in [-0.3, -0.25) is 4.90 Å². The lowest BCUT2D eigenvalue weighted by atomic mass is 9.83. The van der Waals surface area contributed by atoms with Crippen LogP contribution in [0, 0.1) is 12.3 Å². The van der Waals surface area contributed by atoms with Gasteiger partial charge in [0.2, 0.25) is 0 Å². The molecule has 1 aromatic rings. The molecule has 0 radical (unpaired) electrons. The van der Waals surface area contributed by atoms with Crippen molar-refractivity contribution in [1.82, 2.24) is 4.90 Å². The Kier molecular flexibility index (Phi) is 4.15. The maximum atomic E-state index is 6.28. The molecule has 2 rings (SSSR count). The van der Waals surface area contributed by atoms with E-state index in [1.165, 1.54) is 29.8 Å². The molecule has 0 amide bonds. The summed E-state index contributed by atoms with van der Waals surface area (Å²) < 4.78 is 0. The summed E-state index contributed by atoms with van der Waals surface area (Å²) >= 11 is 1.86. The van der Waals surface area contributed by atoms with Gasteiger partial charge in [0.1, 0.15) is 0 Å². The molecule has 2 nitrogen and oxygen atoms in total. The fourth-order valence-electron chi connectivity index (χ4n) is 3.13. The highest BCUT2D eigenvalue weighted by atomic mass is 32.1. The van der Waals surface area contributed by atoms with Crippen LogP contribution < -0.4 is 5.73 Å². The van der Waals surface area contributed by atoms with Gasteiger partial charge >= 0.3 is 0 Å². The van der Waals surface area contributed by atoms with Crippen molar-refractivity contribution in [3.63, 3.8) is 0 Å². The van der Waals surface area contributed by atoms with Crippen molar-refractivity contribution in [2.24, 2.45) is 11.1 Å². The summed E-state index contributed by atoms with van der Waals surface area (Å²) in [6, 6.07) is 2.80. The van der Waals surface area contributed by atoms with Gasteiger partial charge in [0.05, 0.1) is 6.04 Å². The van der Waals surface area contributed by atoms with Gasteiger partial charge in [-0.25, -0.2) is 0 Å². The number of nitrogens with zero attached hydrogens (tertiary/aromatic N) is 1. The van der Waals surface area contributed by atoms with E-state index in [0.717, 1.165) is 6.54 Å². The lowest BCUT2D eigenvalue weighted by Gasteiger charge is -2.43. The van der Waals surface area contributed by atoms with Crippen LogP contribution >= 0.6 is 11.3 Å². The molecule has 0 aliphatic carbocycles. The second-order valence-electron chi connectivity index (χ2n) is 6.51. The van der Waals surface area contributed by atoms with Crippen LogP contribution in [0.5, 0.6) is 0 Å². The van der Waals surface area contributed by atoms with Crippen LogP contribution in [0.25, 0.3) is 0 Å². The Bertz CT molecular complexity index is 395. The Hall–Kier alpha value is -0.380. The number of nitrogens with two attached hydrogens (primary N) is 1. The van der Waals surface area contributed by atoms with E-state index in [-0.39, 0.29) is 6.04 Å². The average molecular weight is 266 g/mol. The molecule has 18 heavy (non-hydrogen) atoms. The van der Waals surface area contributed by atoms with Gasteiger partial charge in [0, 0.05) is 17.5 Å². The topological polar surface area (TPSA) is 29.3 Å². The van der Waals surface area contributed by atoms with Gasteiger partial charge in [-0.05, 0) is 55.7 Å². The summed E-state index contributed by atoms with van der Waals surface area (Å²) in [5.74, 6) is 0. The lowest BCUT2D eigenvalue weighted by Crippen LogP contribution is -2.47. The smallest absolute Gasteiger partial charge is 0.0593 e. The van der Waals surface area contributed by atoms with Gasteiger partial charge < -0.3 is 5.73 Å². The van der Waals surface area contributed by atoms with Gasteiger partial charge in [0.15, 0.2) is 0 Å². The number of likely N-dealkylation sites (tertiary alicyclic amines) is 1. The average Bonchev–Trinajstić information content (AvgIpc) is 2.63. The first-order valence-corrected chi connectivity index (χ1v) is 7.82. The third-order valence-corrected chi connectivity index (χ3v) is 5.08. The summed E-state index contributed by atoms with van der Waals surface area (Å²) in [5, 5.41) is 2.19. The molecule has 0 spiro atoms. The second kappa shape index (κ2) is 5.32.